The van der Waals surface area contributed by atoms with Gasteiger partial charge in [0.15, 0.2) is 6.29 Å². The summed E-state index contributed by atoms with van der Waals surface area (Å²) in [5.41, 5.74) is 6.27. The van der Waals surface area contributed by atoms with Crippen molar-refractivity contribution in [2.24, 2.45) is 5.92 Å². The minimum absolute atomic E-state index is 0.0743. The molecule has 0 N–H and O–H groups in total. The molecule has 2 aliphatic heterocycles. The number of thiophene rings is 2. The Kier molecular flexibility index (Phi) is 11.7. The molecule has 4 nitrogen and oxygen atoms in total. The second kappa shape index (κ2) is 16.7. The Morgan fingerprint density at radius 2 is 1.33 bits per heavy atom. The lowest BCUT2D eigenvalue weighted by molar-refractivity contribution is 0.0763. The first-order valence-corrected chi connectivity index (χ1v) is 20.4. The molecule has 3 aliphatic rings. The first-order chi connectivity index (χ1) is 25.0. The summed E-state index contributed by atoms with van der Waals surface area (Å²) in [5.74, 6) is -0.0882. The summed E-state index contributed by atoms with van der Waals surface area (Å²) in [6, 6.07) is 14.5. The zero-order valence-corrected chi connectivity index (χ0v) is 31.0. The topological polar surface area (TPSA) is 32.8 Å². The van der Waals surface area contributed by atoms with Gasteiger partial charge < -0.3 is 14.5 Å². The smallest absolute Gasteiger partial charge is 0.160 e. The summed E-state index contributed by atoms with van der Waals surface area (Å²) in [6.07, 6.45) is 20.9. The van der Waals surface area contributed by atoms with Gasteiger partial charge in [-0.3, -0.25) is 4.79 Å². The minimum Gasteiger partial charge on any atom is -0.492 e. The predicted octanol–water partition coefficient (Wildman–Crippen LogP) is 11.9. The molecule has 1 unspecified atom stereocenters. The van der Waals surface area contributed by atoms with Gasteiger partial charge in [-0.25, -0.2) is 8.78 Å². The number of aldehydes is 1. The van der Waals surface area contributed by atoms with Gasteiger partial charge in [0, 0.05) is 69.2 Å². The molecule has 8 heteroatoms. The Hall–Kier alpha value is -3.75. The molecule has 0 bridgehead atoms. The van der Waals surface area contributed by atoms with Crippen LogP contribution in [0.1, 0.15) is 96.0 Å². The lowest BCUT2D eigenvalue weighted by atomic mass is 9.89. The number of nitrogens with zero attached hydrogens (tertiary/aromatic N) is 2. The van der Waals surface area contributed by atoms with Crippen molar-refractivity contribution < 1.29 is 18.3 Å². The maximum atomic E-state index is 14.6. The number of hydrogen-bond acceptors (Lipinski definition) is 6. The van der Waals surface area contributed by atoms with Crippen LogP contribution in [0.2, 0.25) is 0 Å². The first-order valence-electron chi connectivity index (χ1n) is 18.7. The van der Waals surface area contributed by atoms with Crippen LogP contribution in [0.3, 0.4) is 0 Å². The molecule has 1 fully saturated rings. The molecule has 0 saturated heterocycles. The zero-order chi connectivity index (χ0) is 35.2. The molecule has 1 saturated carbocycles. The minimum atomic E-state index is -0.268. The molecule has 7 rings (SSSR count). The van der Waals surface area contributed by atoms with Gasteiger partial charge in [0.1, 0.15) is 17.7 Å². The number of fused-ring (bicyclic) bond motifs is 6. The van der Waals surface area contributed by atoms with Crippen LogP contribution in [-0.4, -0.2) is 32.5 Å². The van der Waals surface area contributed by atoms with Crippen molar-refractivity contribution >= 4 is 40.3 Å². The summed E-state index contributed by atoms with van der Waals surface area (Å²) < 4.78 is 36.0. The molecular weight excluding hydrogens is 679 g/mol. The summed E-state index contributed by atoms with van der Waals surface area (Å²) in [7, 11) is 0. The third-order valence-electron chi connectivity index (χ3n) is 10.8. The Morgan fingerprint density at radius 3 is 1.94 bits per heavy atom. The zero-order valence-electron chi connectivity index (χ0n) is 29.4. The van der Waals surface area contributed by atoms with Gasteiger partial charge in [-0.2, -0.15) is 0 Å². The van der Waals surface area contributed by atoms with E-state index in [0.29, 0.717) is 23.9 Å². The Balaban J connectivity index is 1.17. The molecule has 268 valence electrons. The second-order valence-corrected chi connectivity index (χ2v) is 16.4. The molecule has 1 atom stereocenters. The molecule has 1 aliphatic carbocycles. The van der Waals surface area contributed by atoms with Gasteiger partial charge in [-0.15, -0.1) is 29.3 Å². The van der Waals surface area contributed by atoms with Crippen LogP contribution < -0.4 is 9.80 Å². The molecule has 0 spiro atoms. The Labute approximate surface area is 309 Å². The van der Waals surface area contributed by atoms with E-state index in [4.69, 9.17) is 4.74 Å². The van der Waals surface area contributed by atoms with Crippen molar-refractivity contribution in [2.75, 3.05) is 36.0 Å². The highest BCUT2D eigenvalue weighted by Crippen LogP contribution is 2.47. The Bertz CT molecular complexity index is 1850. The molecular formula is C43H48F2N2O2S2. The fraction of sp³-hybridized carbons (Fsp3) is 0.419. The van der Waals surface area contributed by atoms with Crippen LogP contribution in [0, 0.1) is 17.6 Å². The number of carbonyl (C=O) groups excluding carboxylic acids is 1. The van der Waals surface area contributed by atoms with Crippen LogP contribution in [0.4, 0.5) is 20.2 Å². The van der Waals surface area contributed by atoms with E-state index in [-0.39, 0.29) is 17.7 Å². The number of halogens is 2. The van der Waals surface area contributed by atoms with Crippen LogP contribution in [0.15, 0.2) is 73.5 Å². The molecule has 2 aromatic heterocycles. The van der Waals surface area contributed by atoms with E-state index >= 15 is 0 Å². The predicted molar refractivity (Wildman–Crippen MR) is 209 cm³/mol. The van der Waals surface area contributed by atoms with Crippen LogP contribution >= 0.6 is 22.7 Å². The highest BCUT2D eigenvalue weighted by Gasteiger charge is 2.30. The van der Waals surface area contributed by atoms with Gasteiger partial charge >= 0.3 is 0 Å². The lowest BCUT2D eigenvalue weighted by Gasteiger charge is -2.27. The van der Waals surface area contributed by atoms with E-state index in [9.17, 15) is 13.6 Å². The first kappa shape index (κ1) is 35.6. The van der Waals surface area contributed by atoms with Crippen LogP contribution in [0.5, 0.6) is 0 Å². The van der Waals surface area contributed by atoms with Crippen molar-refractivity contribution in [3.05, 3.63) is 106 Å². The monoisotopic (exact) mass is 726 g/mol. The second-order valence-electron chi connectivity index (χ2n) is 14.2. The number of anilines is 2. The SMILES string of the molecule is C=CCN1CCc2cc(C(O/C=C\CN3CCc4cc(C=O)sc4-c4ccc(F)cc43)C3CCCCCCCCCC3)sc2-c2ccc(F)cc21. The number of hydrogen-bond donors (Lipinski definition) is 0. The van der Waals surface area contributed by atoms with Gasteiger partial charge in [-0.05, 0) is 91.4 Å². The van der Waals surface area contributed by atoms with E-state index < -0.39 is 0 Å². The molecule has 2 aromatic carbocycles. The number of rotatable bonds is 9. The maximum Gasteiger partial charge on any atom is 0.160 e. The fourth-order valence-electron chi connectivity index (χ4n) is 8.17. The molecule has 4 heterocycles. The maximum absolute atomic E-state index is 14.6. The highest BCUT2D eigenvalue weighted by atomic mass is 32.1. The van der Waals surface area contributed by atoms with Gasteiger partial charge in [-0.1, -0.05) is 57.4 Å². The summed E-state index contributed by atoms with van der Waals surface area (Å²) in [4.78, 5) is 20.2. The standard InChI is InChI=1S/C43H48F2N2O2S2/c1-2-20-46-22-19-32-26-40(51-43(32)37-17-15-33(44)27-38(37)46)41(30-12-9-7-5-3-4-6-8-10-13-30)49-24-11-21-47-23-18-31-25-35(29-48)50-42(31)36-16-14-34(45)28-39(36)47/h2,11,14-17,24-30,41H,1,3-10,12-13,18-23H2/b24-11-. The third kappa shape index (κ3) is 8.18. The van der Waals surface area contributed by atoms with Crippen molar-refractivity contribution in [1.29, 1.82) is 0 Å². The summed E-state index contributed by atoms with van der Waals surface area (Å²) in [5, 5.41) is 0. The van der Waals surface area contributed by atoms with E-state index in [1.807, 2.05) is 41.9 Å². The van der Waals surface area contributed by atoms with Crippen molar-refractivity contribution in [3.8, 4) is 20.9 Å². The largest absolute Gasteiger partial charge is 0.492 e. The molecule has 51 heavy (non-hydrogen) atoms. The van der Waals surface area contributed by atoms with E-state index in [0.717, 1.165) is 78.0 Å². The highest BCUT2D eigenvalue weighted by molar-refractivity contribution is 7.17. The van der Waals surface area contributed by atoms with Crippen LogP contribution in [0.25, 0.3) is 20.9 Å². The average Bonchev–Trinajstić information content (AvgIpc) is 3.66. The van der Waals surface area contributed by atoms with Crippen LogP contribution in [-0.2, 0) is 17.6 Å². The van der Waals surface area contributed by atoms with Crippen molar-refractivity contribution in [2.45, 2.75) is 83.2 Å². The third-order valence-corrected chi connectivity index (χ3v) is 13.2. The normalized spacial score (nSPS) is 17.7. The lowest BCUT2D eigenvalue weighted by Crippen LogP contribution is -2.25. The average molecular weight is 727 g/mol. The summed E-state index contributed by atoms with van der Waals surface area (Å²) in [6.45, 7) is 6.74. The number of benzene rings is 2. The van der Waals surface area contributed by atoms with Gasteiger partial charge in [0.25, 0.3) is 0 Å². The van der Waals surface area contributed by atoms with Crippen molar-refractivity contribution in [1.82, 2.24) is 0 Å². The van der Waals surface area contributed by atoms with Gasteiger partial charge in [0.2, 0.25) is 0 Å². The van der Waals surface area contributed by atoms with E-state index in [2.05, 4.69) is 28.5 Å². The van der Waals surface area contributed by atoms with E-state index in [1.54, 1.807) is 18.2 Å². The molecule has 0 amide bonds. The molecule has 4 aromatic rings. The summed E-state index contributed by atoms with van der Waals surface area (Å²) >= 11 is 3.29. The van der Waals surface area contributed by atoms with Crippen molar-refractivity contribution in [3.63, 3.8) is 0 Å². The number of ether oxygens (including phenoxy) is 1. The van der Waals surface area contributed by atoms with E-state index in [1.165, 1.54) is 84.1 Å². The fourth-order valence-corrected chi connectivity index (χ4v) is 10.6. The Morgan fingerprint density at radius 1 is 0.765 bits per heavy atom. The van der Waals surface area contributed by atoms with Gasteiger partial charge in [0.05, 0.1) is 11.1 Å². The molecule has 0 radical (unpaired) electrons. The number of carbonyl (C=O) groups is 1. The quantitative estimate of drug-likeness (QED) is 0.0977.